The second-order valence-electron chi connectivity index (χ2n) is 3.99. The highest BCUT2D eigenvalue weighted by Crippen LogP contribution is 2.34. The smallest absolute Gasteiger partial charge is 0.177 e. The highest BCUT2D eigenvalue weighted by atomic mass is 79.9. The summed E-state index contributed by atoms with van der Waals surface area (Å²) in [4.78, 5) is 3.22. The molecule has 1 N–H and O–H groups in total. The van der Waals surface area contributed by atoms with Crippen molar-refractivity contribution in [2.75, 3.05) is 0 Å². The van der Waals surface area contributed by atoms with Crippen LogP contribution in [0.4, 0.5) is 0 Å². The van der Waals surface area contributed by atoms with Crippen molar-refractivity contribution < 1.29 is 0 Å². The average Bonchev–Trinajstić information content (AvgIpc) is 2.91. The Morgan fingerprint density at radius 1 is 1.39 bits per heavy atom. The van der Waals surface area contributed by atoms with Crippen molar-refractivity contribution in [3.8, 4) is 17.3 Å². The topological polar surface area (TPSA) is 57.4 Å². The Morgan fingerprint density at radius 2 is 2.17 bits per heavy atom. The molecular weight excluding hydrogens is 292 g/mol. The molecular formula is C13H9BrN4. The summed E-state index contributed by atoms with van der Waals surface area (Å²) >= 11 is 3.45. The van der Waals surface area contributed by atoms with Gasteiger partial charge < -0.3 is 4.98 Å². The standard InChI is InChI=1S/C13H9BrN4/c1-18-13(12(14)11(6-15)17-18)9-7-16-10-5-3-2-4-8(9)10/h2-5,7,16H,1H3. The van der Waals surface area contributed by atoms with E-state index in [1.807, 2.05) is 37.5 Å². The molecule has 0 aliphatic rings. The molecule has 1 aromatic carbocycles. The van der Waals surface area contributed by atoms with Gasteiger partial charge in [-0.15, -0.1) is 0 Å². The van der Waals surface area contributed by atoms with Crippen LogP contribution in [0.25, 0.3) is 22.2 Å². The van der Waals surface area contributed by atoms with E-state index in [1.54, 1.807) is 4.68 Å². The van der Waals surface area contributed by atoms with Crippen LogP contribution in [-0.4, -0.2) is 14.8 Å². The number of hydrogen-bond acceptors (Lipinski definition) is 2. The van der Waals surface area contributed by atoms with E-state index in [0.717, 1.165) is 26.6 Å². The summed E-state index contributed by atoms with van der Waals surface area (Å²) in [6.45, 7) is 0. The highest BCUT2D eigenvalue weighted by molar-refractivity contribution is 9.10. The van der Waals surface area contributed by atoms with Gasteiger partial charge in [-0.2, -0.15) is 10.4 Å². The number of para-hydroxylation sites is 1. The van der Waals surface area contributed by atoms with Crippen LogP contribution in [0.3, 0.4) is 0 Å². The van der Waals surface area contributed by atoms with E-state index < -0.39 is 0 Å². The maximum absolute atomic E-state index is 9.00. The van der Waals surface area contributed by atoms with Gasteiger partial charge in [-0.1, -0.05) is 18.2 Å². The zero-order valence-corrected chi connectivity index (χ0v) is 11.2. The van der Waals surface area contributed by atoms with E-state index in [-0.39, 0.29) is 0 Å². The average molecular weight is 301 g/mol. The molecule has 0 saturated heterocycles. The molecule has 2 heterocycles. The zero-order valence-electron chi connectivity index (χ0n) is 9.61. The third kappa shape index (κ3) is 1.46. The Morgan fingerprint density at radius 3 is 2.89 bits per heavy atom. The lowest BCUT2D eigenvalue weighted by Gasteiger charge is -2.00. The van der Waals surface area contributed by atoms with Gasteiger partial charge in [-0.3, -0.25) is 4.68 Å². The molecule has 0 fully saturated rings. The Hall–Kier alpha value is -2.06. The normalized spacial score (nSPS) is 10.7. The van der Waals surface area contributed by atoms with E-state index in [1.165, 1.54) is 0 Å². The van der Waals surface area contributed by atoms with E-state index in [0.29, 0.717) is 5.69 Å². The van der Waals surface area contributed by atoms with Gasteiger partial charge in [0.05, 0.1) is 10.2 Å². The molecule has 18 heavy (non-hydrogen) atoms. The number of fused-ring (bicyclic) bond motifs is 1. The van der Waals surface area contributed by atoms with Crippen LogP contribution in [0.2, 0.25) is 0 Å². The number of aryl methyl sites for hydroxylation is 1. The molecule has 0 atom stereocenters. The van der Waals surface area contributed by atoms with Crippen molar-refractivity contribution in [3.05, 3.63) is 40.6 Å². The summed E-state index contributed by atoms with van der Waals surface area (Å²) in [7, 11) is 1.84. The minimum Gasteiger partial charge on any atom is -0.360 e. The van der Waals surface area contributed by atoms with Crippen molar-refractivity contribution in [2.24, 2.45) is 7.05 Å². The van der Waals surface area contributed by atoms with Crippen LogP contribution in [0, 0.1) is 11.3 Å². The first-order valence-electron chi connectivity index (χ1n) is 5.41. The minimum absolute atomic E-state index is 0.401. The van der Waals surface area contributed by atoms with Gasteiger partial charge in [0.25, 0.3) is 0 Å². The first-order valence-corrected chi connectivity index (χ1v) is 6.20. The summed E-state index contributed by atoms with van der Waals surface area (Å²) in [5, 5.41) is 14.3. The molecule has 0 saturated carbocycles. The number of H-pyrrole nitrogens is 1. The largest absolute Gasteiger partial charge is 0.360 e. The zero-order chi connectivity index (χ0) is 12.7. The second kappa shape index (κ2) is 4.00. The molecule has 0 aliphatic carbocycles. The molecule has 0 radical (unpaired) electrons. The first-order chi connectivity index (χ1) is 8.72. The van der Waals surface area contributed by atoms with Crippen molar-refractivity contribution in [3.63, 3.8) is 0 Å². The van der Waals surface area contributed by atoms with Crippen LogP contribution < -0.4 is 0 Å². The third-order valence-corrected chi connectivity index (χ3v) is 3.69. The maximum atomic E-state index is 9.00. The van der Waals surface area contributed by atoms with E-state index in [4.69, 9.17) is 5.26 Å². The van der Waals surface area contributed by atoms with Crippen molar-refractivity contribution in [1.82, 2.24) is 14.8 Å². The summed E-state index contributed by atoms with van der Waals surface area (Å²) in [6, 6.07) is 10.1. The van der Waals surface area contributed by atoms with Crippen LogP contribution in [0.15, 0.2) is 34.9 Å². The third-order valence-electron chi connectivity index (χ3n) is 2.94. The van der Waals surface area contributed by atoms with E-state index in [9.17, 15) is 0 Å². The van der Waals surface area contributed by atoms with Crippen molar-refractivity contribution in [2.45, 2.75) is 0 Å². The fourth-order valence-electron chi connectivity index (χ4n) is 2.13. The number of rotatable bonds is 1. The molecule has 0 amide bonds. The number of aromatic nitrogens is 3. The SMILES string of the molecule is Cn1nc(C#N)c(Br)c1-c1c[nH]c2ccccc12. The van der Waals surface area contributed by atoms with Gasteiger partial charge in [0.2, 0.25) is 0 Å². The number of nitrogens with one attached hydrogen (secondary N) is 1. The number of benzene rings is 1. The van der Waals surface area contributed by atoms with Crippen LogP contribution >= 0.6 is 15.9 Å². The molecule has 0 bridgehead atoms. The molecule has 0 aliphatic heterocycles. The van der Waals surface area contributed by atoms with Gasteiger partial charge in [0.15, 0.2) is 5.69 Å². The lowest BCUT2D eigenvalue weighted by Crippen LogP contribution is -1.93. The second-order valence-corrected chi connectivity index (χ2v) is 4.79. The number of nitriles is 1. The molecule has 2 aromatic heterocycles. The molecule has 5 heteroatoms. The monoisotopic (exact) mass is 300 g/mol. The maximum Gasteiger partial charge on any atom is 0.177 e. The van der Waals surface area contributed by atoms with E-state index >= 15 is 0 Å². The Balaban J connectivity index is 2.34. The predicted octanol–water partition coefficient (Wildman–Crippen LogP) is 3.20. The van der Waals surface area contributed by atoms with Crippen molar-refractivity contribution in [1.29, 1.82) is 5.26 Å². The highest BCUT2D eigenvalue weighted by Gasteiger charge is 2.17. The quantitative estimate of drug-likeness (QED) is 0.750. The Kier molecular flexibility index (Phi) is 2.46. The van der Waals surface area contributed by atoms with Crippen LogP contribution in [-0.2, 0) is 7.05 Å². The molecule has 88 valence electrons. The number of aromatic amines is 1. The number of hydrogen-bond donors (Lipinski definition) is 1. The molecule has 3 aromatic rings. The van der Waals surface area contributed by atoms with Crippen LogP contribution in [0.1, 0.15) is 5.69 Å². The minimum atomic E-state index is 0.401. The van der Waals surface area contributed by atoms with Crippen molar-refractivity contribution >= 4 is 26.8 Å². The van der Waals surface area contributed by atoms with Gasteiger partial charge in [0.1, 0.15) is 6.07 Å². The summed E-state index contributed by atoms with van der Waals surface area (Å²) in [5.74, 6) is 0. The molecule has 3 rings (SSSR count). The first kappa shape index (κ1) is 11.1. The van der Waals surface area contributed by atoms with E-state index in [2.05, 4.69) is 32.1 Å². The number of halogens is 1. The van der Waals surface area contributed by atoms with Crippen LogP contribution in [0.5, 0.6) is 0 Å². The predicted molar refractivity (Wildman–Crippen MR) is 72.9 cm³/mol. The van der Waals surface area contributed by atoms with Gasteiger partial charge in [-0.05, 0) is 22.0 Å². The summed E-state index contributed by atoms with van der Waals surface area (Å²) in [6.07, 6.45) is 1.94. The fraction of sp³-hybridized carbons (Fsp3) is 0.0769. The summed E-state index contributed by atoms with van der Waals surface area (Å²) < 4.78 is 2.45. The lowest BCUT2D eigenvalue weighted by atomic mass is 10.1. The number of nitrogens with zero attached hydrogens (tertiary/aromatic N) is 3. The summed E-state index contributed by atoms with van der Waals surface area (Å²) in [5.41, 5.74) is 3.41. The fourth-order valence-corrected chi connectivity index (χ4v) is 2.77. The Bertz CT molecular complexity index is 776. The Labute approximate surface area is 112 Å². The van der Waals surface area contributed by atoms with Gasteiger partial charge in [0, 0.05) is 29.7 Å². The molecule has 4 nitrogen and oxygen atoms in total. The van der Waals surface area contributed by atoms with Gasteiger partial charge in [-0.25, -0.2) is 0 Å². The lowest BCUT2D eigenvalue weighted by molar-refractivity contribution is 0.771. The van der Waals surface area contributed by atoms with Gasteiger partial charge >= 0.3 is 0 Å². The molecule has 0 spiro atoms. The molecule has 0 unspecified atom stereocenters.